The number of nitrogens with zero attached hydrogens (tertiary/aromatic N) is 1. The molecule has 0 radical (unpaired) electrons. The molecule has 0 aliphatic carbocycles. The van der Waals surface area contributed by atoms with Crippen molar-refractivity contribution in [2.24, 2.45) is 11.7 Å². The summed E-state index contributed by atoms with van der Waals surface area (Å²) in [5, 5.41) is 0. The van der Waals surface area contributed by atoms with Crippen LogP contribution in [0, 0.1) is 5.92 Å². The van der Waals surface area contributed by atoms with Gasteiger partial charge in [0.1, 0.15) is 11.5 Å². The van der Waals surface area contributed by atoms with Crippen LogP contribution in [-0.2, 0) is 6.42 Å². The van der Waals surface area contributed by atoms with E-state index < -0.39 is 12.4 Å². The molecule has 0 bridgehead atoms. The average molecular weight is 436 g/mol. The number of rotatable bonds is 7. The lowest BCUT2D eigenvalue weighted by Gasteiger charge is -2.38. The molecule has 1 fully saturated rings. The Bertz CT molecular complexity index is 874. The maximum absolute atomic E-state index is 12.6. The predicted molar refractivity (Wildman–Crippen MR) is 111 cm³/mol. The van der Waals surface area contributed by atoms with Crippen LogP contribution in [-0.4, -0.2) is 37.5 Å². The number of amides is 2. The predicted octanol–water partition coefficient (Wildman–Crippen LogP) is 5.10. The van der Waals surface area contributed by atoms with Crippen molar-refractivity contribution in [2.45, 2.75) is 38.0 Å². The Balaban J connectivity index is 1.68. The lowest BCUT2D eigenvalue weighted by Crippen LogP contribution is -2.45. The molecule has 8 heteroatoms. The average Bonchev–Trinajstić information content (AvgIpc) is 2.73. The van der Waals surface area contributed by atoms with Crippen molar-refractivity contribution in [3.8, 4) is 11.5 Å². The highest BCUT2D eigenvalue weighted by Gasteiger charge is 2.32. The van der Waals surface area contributed by atoms with Crippen LogP contribution in [0.3, 0.4) is 0 Å². The van der Waals surface area contributed by atoms with E-state index in [0.717, 1.165) is 24.8 Å². The number of aryl methyl sites for hydroxylation is 1. The molecule has 5 nitrogen and oxygen atoms in total. The normalized spacial score (nSPS) is 19.2. The molecule has 2 aromatic rings. The minimum Gasteiger partial charge on any atom is -0.496 e. The van der Waals surface area contributed by atoms with Crippen LogP contribution in [0.15, 0.2) is 48.5 Å². The summed E-state index contributed by atoms with van der Waals surface area (Å²) in [5.74, 6) is 0.806. The zero-order valence-electron chi connectivity index (χ0n) is 17.4. The van der Waals surface area contributed by atoms with E-state index in [2.05, 4.69) is 16.9 Å². The number of carbonyl (C=O) groups excluding carboxylic acids is 1. The summed E-state index contributed by atoms with van der Waals surface area (Å²) in [5.41, 5.74) is 7.34. The van der Waals surface area contributed by atoms with Gasteiger partial charge >= 0.3 is 12.4 Å². The molecule has 2 atom stereocenters. The summed E-state index contributed by atoms with van der Waals surface area (Å²) in [6.45, 7) is 1.18. The van der Waals surface area contributed by atoms with Gasteiger partial charge in [0.15, 0.2) is 0 Å². The Labute approximate surface area is 179 Å². The number of piperidine rings is 1. The lowest BCUT2D eigenvalue weighted by molar-refractivity contribution is -0.274. The Morgan fingerprint density at radius 1 is 1.19 bits per heavy atom. The number of benzene rings is 2. The molecular weight excluding hydrogens is 409 g/mol. The summed E-state index contributed by atoms with van der Waals surface area (Å²) >= 11 is 0. The Kier molecular flexibility index (Phi) is 7.30. The molecule has 1 saturated heterocycles. The fourth-order valence-corrected chi connectivity index (χ4v) is 4.33. The third-order valence-corrected chi connectivity index (χ3v) is 5.80. The maximum atomic E-state index is 12.6. The van der Waals surface area contributed by atoms with Crippen molar-refractivity contribution >= 4 is 6.03 Å². The highest BCUT2D eigenvalue weighted by molar-refractivity contribution is 5.72. The van der Waals surface area contributed by atoms with Gasteiger partial charge in [0.2, 0.25) is 0 Å². The molecule has 1 aliphatic rings. The molecule has 168 valence electrons. The first-order chi connectivity index (χ1) is 14.8. The van der Waals surface area contributed by atoms with Crippen LogP contribution in [0.5, 0.6) is 11.5 Å². The third kappa shape index (κ3) is 6.29. The Morgan fingerprint density at radius 3 is 2.58 bits per heavy atom. The first kappa shape index (κ1) is 22.8. The number of nitrogens with two attached hydrogens (primary N) is 1. The maximum Gasteiger partial charge on any atom is 0.573 e. The minimum atomic E-state index is -4.73. The van der Waals surface area contributed by atoms with Crippen LogP contribution in [0.25, 0.3) is 0 Å². The van der Waals surface area contributed by atoms with Gasteiger partial charge in [-0.1, -0.05) is 30.3 Å². The van der Waals surface area contributed by atoms with Crippen molar-refractivity contribution in [2.75, 3.05) is 20.2 Å². The number of carbonyl (C=O) groups is 1. The van der Waals surface area contributed by atoms with Gasteiger partial charge in [-0.15, -0.1) is 13.2 Å². The van der Waals surface area contributed by atoms with E-state index in [0.29, 0.717) is 36.7 Å². The highest BCUT2D eigenvalue weighted by Crippen LogP contribution is 2.36. The number of hydrogen-bond donors (Lipinski definition) is 1. The number of ether oxygens (including phenoxy) is 2. The molecular formula is C23H27F3N2O3. The molecule has 0 spiro atoms. The molecule has 0 saturated carbocycles. The van der Waals surface area contributed by atoms with E-state index in [9.17, 15) is 18.0 Å². The van der Waals surface area contributed by atoms with Crippen LogP contribution in [0.4, 0.5) is 18.0 Å². The van der Waals surface area contributed by atoms with E-state index in [1.807, 2.05) is 18.2 Å². The number of primary amides is 1. The van der Waals surface area contributed by atoms with Gasteiger partial charge in [0.25, 0.3) is 0 Å². The molecule has 2 amide bonds. The van der Waals surface area contributed by atoms with E-state index in [1.165, 1.54) is 25.3 Å². The smallest absolute Gasteiger partial charge is 0.496 e. The fourth-order valence-electron chi connectivity index (χ4n) is 4.33. The number of hydrogen-bond acceptors (Lipinski definition) is 3. The van der Waals surface area contributed by atoms with E-state index in [-0.39, 0.29) is 11.7 Å². The number of methoxy groups -OCH3 is 1. The van der Waals surface area contributed by atoms with E-state index >= 15 is 0 Å². The molecule has 3 rings (SSSR count). The number of halogens is 3. The lowest BCUT2D eigenvalue weighted by atomic mass is 9.78. The first-order valence-corrected chi connectivity index (χ1v) is 10.3. The van der Waals surface area contributed by atoms with Crippen LogP contribution in [0.2, 0.25) is 0 Å². The summed E-state index contributed by atoms with van der Waals surface area (Å²) in [6, 6.07) is 13.7. The summed E-state index contributed by atoms with van der Waals surface area (Å²) in [7, 11) is 1.49. The molecule has 2 N–H and O–H groups in total. The van der Waals surface area contributed by atoms with Crippen molar-refractivity contribution < 1.29 is 27.4 Å². The highest BCUT2D eigenvalue weighted by atomic mass is 19.4. The summed E-state index contributed by atoms with van der Waals surface area (Å²) in [4.78, 5) is 13.4. The second-order valence-corrected chi connectivity index (χ2v) is 7.76. The standard InChI is InChI=1S/C23H27F3N2O3/c1-30-21-11-10-19(31-23(24,25)26)14-18(21)9-5-8-17-12-13-28(22(27)29)15-20(17)16-6-3-2-4-7-16/h2-4,6-7,10-11,14,17,20H,5,8-9,12-13,15H2,1H3,(H2,27,29). The Hall–Kier alpha value is -2.90. The zero-order valence-corrected chi connectivity index (χ0v) is 17.4. The second kappa shape index (κ2) is 9.94. The number of likely N-dealkylation sites (tertiary alicyclic amines) is 1. The molecule has 2 unspecified atom stereocenters. The topological polar surface area (TPSA) is 64.8 Å². The molecule has 0 aromatic heterocycles. The largest absolute Gasteiger partial charge is 0.573 e. The molecule has 1 heterocycles. The number of urea groups is 1. The fraction of sp³-hybridized carbons (Fsp3) is 0.435. The van der Waals surface area contributed by atoms with Crippen molar-refractivity contribution in [3.05, 3.63) is 59.7 Å². The van der Waals surface area contributed by atoms with Crippen LogP contribution >= 0.6 is 0 Å². The van der Waals surface area contributed by atoms with Gasteiger partial charge in [-0.3, -0.25) is 0 Å². The van der Waals surface area contributed by atoms with Gasteiger partial charge in [-0.05, 0) is 60.9 Å². The summed E-state index contributed by atoms with van der Waals surface area (Å²) < 4.78 is 47.0. The molecule has 31 heavy (non-hydrogen) atoms. The first-order valence-electron chi connectivity index (χ1n) is 10.3. The van der Waals surface area contributed by atoms with Gasteiger partial charge in [0.05, 0.1) is 7.11 Å². The molecule has 2 aromatic carbocycles. The minimum absolute atomic E-state index is 0.171. The van der Waals surface area contributed by atoms with Gasteiger partial charge in [-0.2, -0.15) is 0 Å². The van der Waals surface area contributed by atoms with E-state index in [4.69, 9.17) is 10.5 Å². The van der Waals surface area contributed by atoms with Crippen LogP contribution < -0.4 is 15.2 Å². The number of alkyl halides is 3. The summed E-state index contributed by atoms with van der Waals surface area (Å²) in [6.07, 6.45) is -1.69. The van der Waals surface area contributed by atoms with E-state index in [1.54, 1.807) is 4.90 Å². The molecule has 1 aliphatic heterocycles. The van der Waals surface area contributed by atoms with Gasteiger partial charge < -0.3 is 20.1 Å². The van der Waals surface area contributed by atoms with Crippen molar-refractivity contribution in [3.63, 3.8) is 0 Å². The van der Waals surface area contributed by atoms with Crippen molar-refractivity contribution in [1.82, 2.24) is 4.90 Å². The second-order valence-electron chi connectivity index (χ2n) is 7.76. The van der Waals surface area contributed by atoms with Crippen LogP contribution in [0.1, 0.15) is 36.3 Å². The quantitative estimate of drug-likeness (QED) is 0.657. The third-order valence-electron chi connectivity index (χ3n) is 5.80. The Morgan fingerprint density at radius 2 is 1.94 bits per heavy atom. The van der Waals surface area contributed by atoms with Gasteiger partial charge in [-0.25, -0.2) is 4.79 Å². The van der Waals surface area contributed by atoms with Gasteiger partial charge in [0, 0.05) is 19.0 Å². The monoisotopic (exact) mass is 436 g/mol. The van der Waals surface area contributed by atoms with Crippen molar-refractivity contribution in [1.29, 1.82) is 0 Å². The SMILES string of the molecule is COc1ccc(OC(F)(F)F)cc1CCCC1CCN(C(N)=O)CC1c1ccccc1. The zero-order chi connectivity index (χ0) is 22.4.